The van der Waals surface area contributed by atoms with Gasteiger partial charge in [0.1, 0.15) is 12.4 Å². The van der Waals surface area contributed by atoms with E-state index in [-0.39, 0.29) is 18.3 Å². The molecule has 0 atom stereocenters. The van der Waals surface area contributed by atoms with Crippen LogP contribution in [0.3, 0.4) is 0 Å². The van der Waals surface area contributed by atoms with Crippen LogP contribution in [0.15, 0.2) is 48.8 Å². The van der Waals surface area contributed by atoms with Gasteiger partial charge in [-0.1, -0.05) is 24.3 Å². The number of aromatic nitrogens is 2. The minimum atomic E-state index is -0.346. The van der Waals surface area contributed by atoms with Crippen molar-refractivity contribution in [2.75, 3.05) is 0 Å². The number of aryl methyl sites for hydroxylation is 1. The molecule has 6 heteroatoms. The third-order valence-electron chi connectivity index (χ3n) is 5.53. The Morgan fingerprint density at radius 3 is 2.33 bits per heavy atom. The average molecular weight is 364 g/mol. The van der Waals surface area contributed by atoms with Crippen molar-refractivity contribution in [3.8, 4) is 5.75 Å². The van der Waals surface area contributed by atoms with Crippen molar-refractivity contribution >= 4 is 23.4 Å². The third-order valence-corrected chi connectivity index (χ3v) is 5.53. The number of fused-ring (bicyclic) bond motifs is 1. The van der Waals surface area contributed by atoms with Crippen molar-refractivity contribution < 1.29 is 14.0 Å². The van der Waals surface area contributed by atoms with E-state index in [1.54, 1.807) is 4.68 Å². The largest absolute Gasteiger partial charge is 0.494 e. The molecule has 0 aliphatic carbocycles. The summed E-state index contributed by atoms with van der Waals surface area (Å²) >= 11 is 0. The standard InChI is InChI=1S/C21H25BN2O3/c1-20(2)21(3,4)27-22(26-20)18-8-6-17-11-19(9-7-16(17)10-18)25-14-15-12-23-24(5)13-15/h6-13H,14H2,1-5H3. The van der Waals surface area contributed by atoms with Crippen molar-refractivity contribution in [3.05, 3.63) is 54.4 Å². The van der Waals surface area contributed by atoms with Gasteiger partial charge in [-0.3, -0.25) is 4.68 Å². The number of hydrogen-bond acceptors (Lipinski definition) is 4. The minimum absolute atomic E-state index is 0.337. The number of rotatable bonds is 4. The molecule has 27 heavy (non-hydrogen) atoms. The number of benzene rings is 2. The second-order valence-corrected chi connectivity index (χ2v) is 8.17. The zero-order chi connectivity index (χ0) is 19.2. The molecule has 0 radical (unpaired) electrons. The van der Waals surface area contributed by atoms with Gasteiger partial charge >= 0.3 is 7.12 Å². The van der Waals surface area contributed by atoms with Gasteiger partial charge in [0.15, 0.2) is 0 Å². The third kappa shape index (κ3) is 3.47. The normalized spacial score (nSPS) is 18.2. The molecule has 0 spiro atoms. The van der Waals surface area contributed by atoms with Crippen LogP contribution in [0.4, 0.5) is 0 Å². The van der Waals surface area contributed by atoms with E-state index >= 15 is 0 Å². The fraction of sp³-hybridized carbons (Fsp3) is 0.381. The minimum Gasteiger partial charge on any atom is -0.489 e. The predicted octanol–water partition coefficient (Wildman–Crippen LogP) is 3.45. The first kappa shape index (κ1) is 18.1. The highest BCUT2D eigenvalue weighted by molar-refractivity contribution is 6.62. The van der Waals surface area contributed by atoms with E-state index in [0.29, 0.717) is 6.61 Å². The maximum Gasteiger partial charge on any atom is 0.494 e. The molecular weight excluding hydrogens is 339 g/mol. The molecule has 2 aromatic carbocycles. The molecule has 0 N–H and O–H groups in total. The summed E-state index contributed by atoms with van der Waals surface area (Å²) < 4.78 is 20.0. The quantitative estimate of drug-likeness (QED) is 0.666. The van der Waals surface area contributed by atoms with Gasteiger partial charge in [0.2, 0.25) is 0 Å². The molecular formula is C21H25BN2O3. The van der Waals surface area contributed by atoms with Crippen molar-refractivity contribution in [2.24, 2.45) is 7.05 Å². The summed E-state index contributed by atoms with van der Waals surface area (Å²) in [4.78, 5) is 0. The van der Waals surface area contributed by atoms with Gasteiger partial charge < -0.3 is 14.0 Å². The Morgan fingerprint density at radius 2 is 1.67 bits per heavy atom. The van der Waals surface area contributed by atoms with Gasteiger partial charge in [0.25, 0.3) is 0 Å². The molecule has 0 saturated carbocycles. The van der Waals surface area contributed by atoms with E-state index in [0.717, 1.165) is 27.5 Å². The molecule has 140 valence electrons. The van der Waals surface area contributed by atoms with E-state index in [4.69, 9.17) is 14.0 Å². The average Bonchev–Trinajstić information content (AvgIpc) is 3.12. The van der Waals surface area contributed by atoms with Gasteiger partial charge in [0.05, 0.1) is 17.4 Å². The zero-order valence-corrected chi connectivity index (χ0v) is 16.5. The van der Waals surface area contributed by atoms with E-state index in [1.807, 2.05) is 25.5 Å². The van der Waals surface area contributed by atoms with Crippen molar-refractivity contribution in [1.29, 1.82) is 0 Å². The van der Waals surface area contributed by atoms with Crippen LogP contribution < -0.4 is 10.2 Å². The summed E-state index contributed by atoms with van der Waals surface area (Å²) in [5.74, 6) is 0.842. The van der Waals surface area contributed by atoms with E-state index in [2.05, 4.69) is 63.1 Å². The second kappa shape index (κ2) is 6.39. The van der Waals surface area contributed by atoms with Gasteiger partial charge in [-0.05, 0) is 56.1 Å². The first-order chi connectivity index (χ1) is 12.7. The Morgan fingerprint density at radius 1 is 1.00 bits per heavy atom. The zero-order valence-electron chi connectivity index (χ0n) is 16.5. The Bertz CT molecular complexity index is 964. The van der Waals surface area contributed by atoms with Gasteiger partial charge in [-0.15, -0.1) is 0 Å². The Balaban J connectivity index is 1.52. The van der Waals surface area contributed by atoms with Crippen LogP contribution in [0, 0.1) is 0 Å². The molecule has 1 aromatic heterocycles. The van der Waals surface area contributed by atoms with Crippen molar-refractivity contribution in [1.82, 2.24) is 9.78 Å². The lowest BCUT2D eigenvalue weighted by Crippen LogP contribution is -2.41. The summed E-state index contributed by atoms with van der Waals surface area (Å²) in [5, 5.41) is 6.42. The SMILES string of the molecule is Cn1cc(COc2ccc3cc(B4OC(C)(C)C(C)(C)O4)ccc3c2)cn1. The lowest BCUT2D eigenvalue weighted by molar-refractivity contribution is 0.00578. The summed E-state index contributed by atoms with van der Waals surface area (Å²) in [6, 6.07) is 12.4. The first-order valence-corrected chi connectivity index (χ1v) is 9.23. The first-order valence-electron chi connectivity index (χ1n) is 9.23. The highest BCUT2D eigenvalue weighted by Crippen LogP contribution is 2.36. The Hall–Kier alpha value is -2.31. The maximum absolute atomic E-state index is 6.16. The van der Waals surface area contributed by atoms with Crippen molar-refractivity contribution in [3.63, 3.8) is 0 Å². The maximum atomic E-state index is 6.16. The van der Waals surface area contributed by atoms with Crippen LogP contribution in [-0.2, 0) is 23.0 Å². The highest BCUT2D eigenvalue weighted by atomic mass is 16.7. The van der Waals surface area contributed by atoms with Crippen LogP contribution in [0.5, 0.6) is 5.75 Å². The molecule has 2 heterocycles. The smallest absolute Gasteiger partial charge is 0.489 e. The van der Waals surface area contributed by atoms with E-state index in [1.165, 1.54) is 0 Å². The summed E-state index contributed by atoms with van der Waals surface area (Å²) in [6.45, 7) is 8.78. The topological polar surface area (TPSA) is 45.5 Å². The van der Waals surface area contributed by atoms with E-state index < -0.39 is 0 Å². The van der Waals surface area contributed by atoms with Crippen molar-refractivity contribution in [2.45, 2.75) is 45.5 Å². The van der Waals surface area contributed by atoms with Crippen LogP contribution >= 0.6 is 0 Å². The summed E-state index contributed by atoms with van der Waals surface area (Å²) in [7, 11) is 1.55. The summed E-state index contributed by atoms with van der Waals surface area (Å²) in [6.07, 6.45) is 3.77. The van der Waals surface area contributed by atoms with Crippen LogP contribution in [0.1, 0.15) is 33.3 Å². The van der Waals surface area contributed by atoms with Gasteiger partial charge in [-0.25, -0.2) is 0 Å². The molecule has 3 aromatic rings. The van der Waals surface area contributed by atoms with Gasteiger partial charge in [-0.2, -0.15) is 5.10 Å². The van der Waals surface area contributed by atoms with Gasteiger partial charge in [0, 0.05) is 18.8 Å². The molecule has 0 amide bonds. The molecule has 1 saturated heterocycles. The Labute approximate surface area is 160 Å². The lowest BCUT2D eigenvalue weighted by Gasteiger charge is -2.32. The number of nitrogens with zero attached hydrogens (tertiary/aromatic N) is 2. The summed E-state index contributed by atoms with van der Waals surface area (Å²) in [5.41, 5.74) is 1.41. The monoisotopic (exact) mass is 364 g/mol. The molecule has 1 aliphatic rings. The number of hydrogen-bond donors (Lipinski definition) is 0. The van der Waals surface area contributed by atoms with E-state index in [9.17, 15) is 0 Å². The second-order valence-electron chi connectivity index (χ2n) is 8.17. The molecule has 5 nitrogen and oxygen atoms in total. The fourth-order valence-corrected chi connectivity index (χ4v) is 3.17. The van der Waals surface area contributed by atoms with Crippen LogP contribution in [-0.4, -0.2) is 28.1 Å². The Kier molecular flexibility index (Phi) is 4.28. The number of ether oxygens (including phenoxy) is 1. The van der Waals surface area contributed by atoms with Crippen LogP contribution in [0.2, 0.25) is 0 Å². The highest BCUT2D eigenvalue weighted by Gasteiger charge is 2.51. The molecule has 4 rings (SSSR count). The molecule has 1 fully saturated rings. The predicted molar refractivity (Wildman–Crippen MR) is 107 cm³/mol. The molecule has 0 bridgehead atoms. The lowest BCUT2D eigenvalue weighted by atomic mass is 9.78. The molecule has 0 unspecified atom stereocenters. The molecule has 1 aliphatic heterocycles. The van der Waals surface area contributed by atoms with Crippen LogP contribution in [0.25, 0.3) is 10.8 Å². The fourth-order valence-electron chi connectivity index (χ4n) is 3.17.